The quantitative estimate of drug-likeness (QED) is 0.467. The lowest BCUT2D eigenvalue weighted by Crippen LogP contribution is -2.27. The molecule has 0 spiro atoms. The predicted octanol–water partition coefficient (Wildman–Crippen LogP) is 3.82. The van der Waals surface area contributed by atoms with E-state index >= 15 is 0 Å². The Morgan fingerprint density at radius 2 is 1.94 bits per heavy atom. The van der Waals surface area contributed by atoms with Gasteiger partial charge < -0.3 is 4.57 Å². The molecule has 4 aromatic rings. The fourth-order valence-electron chi connectivity index (χ4n) is 4.57. The summed E-state index contributed by atoms with van der Waals surface area (Å²) in [7, 11) is 1.98. The van der Waals surface area contributed by atoms with Crippen LogP contribution in [0.3, 0.4) is 0 Å². The molecule has 0 bridgehead atoms. The molecule has 1 aliphatic carbocycles. The summed E-state index contributed by atoms with van der Waals surface area (Å²) in [4.78, 5) is 19.1. The molecule has 0 atom stereocenters. The minimum atomic E-state index is -0.155. The van der Waals surface area contributed by atoms with Gasteiger partial charge in [-0.3, -0.25) is 4.79 Å². The largest absolute Gasteiger partial charge is 0.331 e. The highest BCUT2D eigenvalue weighted by atomic mass is 16.2. The molecule has 1 amide bonds. The molecule has 1 fully saturated rings. The molecule has 0 radical (unpaired) electrons. The number of benzene rings is 2. The lowest BCUT2D eigenvalue weighted by molar-refractivity contribution is -0.116. The lowest BCUT2D eigenvalue weighted by atomic mass is 10.1. The van der Waals surface area contributed by atoms with Crippen molar-refractivity contribution in [2.24, 2.45) is 7.05 Å². The van der Waals surface area contributed by atoms with Crippen LogP contribution in [0.2, 0.25) is 0 Å². The van der Waals surface area contributed by atoms with E-state index < -0.39 is 0 Å². The SMILES string of the molecule is CC(=O)N(c1ccc2c(c1)nc(Cc1ccc(C#N)cc1)n2C)c1nnnn1C1CCCC1. The van der Waals surface area contributed by atoms with E-state index in [1.165, 1.54) is 6.92 Å². The Hall–Kier alpha value is -4.06. The molecule has 1 saturated carbocycles. The summed E-state index contributed by atoms with van der Waals surface area (Å²) in [6.07, 6.45) is 4.96. The van der Waals surface area contributed by atoms with Crippen LogP contribution < -0.4 is 4.90 Å². The molecule has 5 rings (SSSR count). The maximum Gasteiger partial charge on any atom is 0.257 e. The van der Waals surface area contributed by atoms with E-state index in [-0.39, 0.29) is 11.9 Å². The molecule has 9 heteroatoms. The Kier molecular flexibility index (Phi) is 5.34. The third-order valence-electron chi connectivity index (χ3n) is 6.32. The molecule has 166 valence electrons. The van der Waals surface area contributed by atoms with Crippen LogP contribution in [0.25, 0.3) is 11.0 Å². The van der Waals surface area contributed by atoms with Gasteiger partial charge in [-0.25, -0.2) is 14.6 Å². The number of nitriles is 1. The summed E-state index contributed by atoms with van der Waals surface area (Å²) >= 11 is 0. The highest BCUT2D eigenvalue weighted by Crippen LogP contribution is 2.34. The number of fused-ring (bicyclic) bond motifs is 1. The zero-order chi connectivity index (χ0) is 22.9. The number of hydrogen-bond acceptors (Lipinski definition) is 6. The van der Waals surface area contributed by atoms with Gasteiger partial charge in [0.25, 0.3) is 5.95 Å². The lowest BCUT2D eigenvalue weighted by Gasteiger charge is -2.21. The van der Waals surface area contributed by atoms with E-state index in [9.17, 15) is 4.79 Å². The third-order valence-corrected chi connectivity index (χ3v) is 6.32. The van der Waals surface area contributed by atoms with Crippen molar-refractivity contribution in [2.75, 3.05) is 4.90 Å². The zero-order valence-electron chi connectivity index (χ0n) is 18.6. The van der Waals surface area contributed by atoms with E-state index in [2.05, 4.69) is 26.2 Å². The number of rotatable bonds is 5. The first-order valence-corrected chi connectivity index (χ1v) is 11.1. The fraction of sp³-hybridized carbons (Fsp3) is 0.333. The van der Waals surface area contributed by atoms with Crippen molar-refractivity contribution in [3.05, 3.63) is 59.4 Å². The first kappa shape index (κ1) is 20.8. The second-order valence-electron chi connectivity index (χ2n) is 8.46. The number of imidazole rings is 1. The van der Waals surface area contributed by atoms with Crippen LogP contribution in [0.1, 0.15) is 55.6 Å². The summed E-state index contributed by atoms with van der Waals surface area (Å²) < 4.78 is 3.84. The van der Waals surface area contributed by atoms with Gasteiger partial charge in [0.05, 0.1) is 34.4 Å². The van der Waals surface area contributed by atoms with Crippen molar-refractivity contribution in [3.8, 4) is 6.07 Å². The zero-order valence-corrected chi connectivity index (χ0v) is 18.6. The molecule has 2 aromatic carbocycles. The number of amides is 1. The van der Waals surface area contributed by atoms with Gasteiger partial charge in [0.15, 0.2) is 0 Å². The van der Waals surface area contributed by atoms with Crippen molar-refractivity contribution in [2.45, 2.75) is 45.1 Å². The van der Waals surface area contributed by atoms with E-state index in [1.807, 2.05) is 49.5 Å². The molecular weight excluding hydrogens is 416 g/mol. The van der Waals surface area contributed by atoms with E-state index in [1.54, 1.807) is 9.58 Å². The number of nitrogens with zero attached hydrogens (tertiary/aromatic N) is 8. The molecule has 0 N–H and O–H groups in total. The molecule has 0 aliphatic heterocycles. The number of carbonyl (C=O) groups excluding carboxylic acids is 1. The van der Waals surface area contributed by atoms with Gasteiger partial charge in [-0.2, -0.15) is 5.26 Å². The van der Waals surface area contributed by atoms with Crippen LogP contribution in [-0.4, -0.2) is 35.7 Å². The van der Waals surface area contributed by atoms with Crippen LogP contribution in [0, 0.1) is 11.3 Å². The Morgan fingerprint density at radius 3 is 2.64 bits per heavy atom. The second-order valence-corrected chi connectivity index (χ2v) is 8.46. The molecule has 0 saturated heterocycles. The molecule has 0 unspecified atom stereocenters. The molecular formula is C24H24N8O. The topological polar surface area (TPSA) is 106 Å². The van der Waals surface area contributed by atoms with Gasteiger partial charge in [0, 0.05) is 20.4 Å². The fourth-order valence-corrected chi connectivity index (χ4v) is 4.57. The summed E-state index contributed by atoms with van der Waals surface area (Å²) in [6, 6.07) is 15.7. The normalized spacial score (nSPS) is 14.0. The number of aromatic nitrogens is 6. The van der Waals surface area contributed by atoms with Crippen LogP contribution in [0.4, 0.5) is 11.6 Å². The Labute approximate surface area is 191 Å². The number of aryl methyl sites for hydroxylation is 1. The number of anilines is 2. The van der Waals surface area contributed by atoms with Crippen LogP contribution in [0.5, 0.6) is 0 Å². The van der Waals surface area contributed by atoms with Gasteiger partial charge in [-0.1, -0.05) is 30.1 Å². The maximum absolute atomic E-state index is 12.7. The van der Waals surface area contributed by atoms with Crippen molar-refractivity contribution in [3.63, 3.8) is 0 Å². The Bertz CT molecular complexity index is 1360. The molecule has 1 aliphatic rings. The van der Waals surface area contributed by atoms with Gasteiger partial charge in [0.1, 0.15) is 5.82 Å². The summed E-state index contributed by atoms with van der Waals surface area (Å²) in [6.45, 7) is 1.52. The number of tetrazole rings is 1. The standard InChI is InChI=1S/C24H24N8O/c1-16(33)31(24-27-28-29-32(24)19-5-3-4-6-19)20-11-12-22-21(14-20)26-23(30(22)2)13-17-7-9-18(15-25)10-8-17/h7-12,14,19H,3-6,13H2,1-2H3. The Balaban J connectivity index is 1.50. The van der Waals surface area contributed by atoms with Crippen LogP contribution >= 0.6 is 0 Å². The smallest absolute Gasteiger partial charge is 0.257 e. The molecule has 2 aromatic heterocycles. The van der Waals surface area contributed by atoms with E-state index in [0.29, 0.717) is 23.6 Å². The third kappa shape index (κ3) is 3.84. The number of hydrogen-bond donors (Lipinski definition) is 0. The summed E-state index contributed by atoms with van der Waals surface area (Å²) in [5.41, 5.74) is 4.17. The van der Waals surface area contributed by atoms with E-state index in [4.69, 9.17) is 10.2 Å². The van der Waals surface area contributed by atoms with Crippen molar-refractivity contribution >= 4 is 28.6 Å². The van der Waals surface area contributed by atoms with Gasteiger partial charge >= 0.3 is 0 Å². The predicted molar refractivity (Wildman–Crippen MR) is 123 cm³/mol. The first-order valence-electron chi connectivity index (χ1n) is 11.1. The maximum atomic E-state index is 12.7. The van der Waals surface area contributed by atoms with Gasteiger partial charge in [-0.15, -0.1) is 0 Å². The first-order chi connectivity index (χ1) is 16.0. The monoisotopic (exact) mass is 440 g/mol. The van der Waals surface area contributed by atoms with Crippen molar-refractivity contribution < 1.29 is 4.79 Å². The van der Waals surface area contributed by atoms with Gasteiger partial charge in [-0.05, 0) is 59.2 Å². The van der Waals surface area contributed by atoms with Crippen LogP contribution in [-0.2, 0) is 18.3 Å². The van der Waals surface area contributed by atoms with E-state index in [0.717, 1.165) is 48.1 Å². The summed E-state index contributed by atoms with van der Waals surface area (Å²) in [5, 5.41) is 21.2. The molecule has 2 heterocycles. The molecule has 9 nitrogen and oxygen atoms in total. The highest BCUT2D eigenvalue weighted by Gasteiger charge is 2.27. The Morgan fingerprint density at radius 1 is 1.18 bits per heavy atom. The average molecular weight is 441 g/mol. The van der Waals surface area contributed by atoms with Gasteiger partial charge in [0.2, 0.25) is 5.91 Å². The van der Waals surface area contributed by atoms with Crippen LogP contribution in [0.15, 0.2) is 42.5 Å². The van der Waals surface area contributed by atoms with Crippen molar-refractivity contribution in [1.29, 1.82) is 5.26 Å². The minimum Gasteiger partial charge on any atom is -0.331 e. The number of carbonyl (C=O) groups is 1. The van der Waals surface area contributed by atoms with Crippen molar-refractivity contribution in [1.82, 2.24) is 29.8 Å². The molecule has 33 heavy (non-hydrogen) atoms. The average Bonchev–Trinajstić information content (AvgIpc) is 3.56. The second kappa shape index (κ2) is 8.47. The summed E-state index contributed by atoms with van der Waals surface area (Å²) in [5.74, 6) is 1.19. The highest BCUT2D eigenvalue weighted by molar-refractivity contribution is 5.99. The minimum absolute atomic E-state index is 0.155.